The van der Waals surface area contributed by atoms with E-state index in [0.29, 0.717) is 46.0 Å². The van der Waals surface area contributed by atoms with Gasteiger partial charge in [0.2, 0.25) is 5.91 Å². The van der Waals surface area contributed by atoms with Crippen LogP contribution in [0.2, 0.25) is 5.02 Å². The molecular weight excluding hydrogens is 479 g/mol. The molecule has 30 heavy (non-hydrogen) atoms. The van der Waals surface area contributed by atoms with Crippen molar-refractivity contribution < 1.29 is 24.1 Å². The number of aliphatic hydroxyl groups excluding tert-OH is 1. The number of halogens is 3. The van der Waals surface area contributed by atoms with Gasteiger partial charge in [0.15, 0.2) is 0 Å². The lowest BCUT2D eigenvalue weighted by Crippen LogP contribution is -2.58. The topological polar surface area (TPSA) is 82.0 Å². The average molecular weight is 500 g/mol. The molecule has 0 aliphatic carbocycles. The Kier molecular flexibility index (Phi) is 5.94. The van der Waals surface area contributed by atoms with E-state index in [9.17, 15) is 19.4 Å². The first-order valence-corrected chi connectivity index (χ1v) is 10.8. The smallest absolute Gasteiger partial charge is 0.224 e. The van der Waals surface area contributed by atoms with Gasteiger partial charge < -0.3 is 25.2 Å². The summed E-state index contributed by atoms with van der Waals surface area (Å²) < 4.78 is 20.8. The Hall–Kier alpha value is -1.87. The van der Waals surface area contributed by atoms with Crippen LogP contribution in [-0.4, -0.2) is 47.5 Å². The summed E-state index contributed by atoms with van der Waals surface area (Å²) in [6.07, 6.45) is -0.119. The van der Waals surface area contributed by atoms with Gasteiger partial charge in [0.05, 0.1) is 16.4 Å². The molecule has 9 heteroatoms. The lowest BCUT2D eigenvalue weighted by Gasteiger charge is -2.42. The number of carbonyl (C=O) groups excluding carboxylic acids is 1. The molecule has 3 N–H and O–H groups in total. The molecule has 160 valence electrons. The van der Waals surface area contributed by atoms with Crippen LogP contribution in [0.4, 0.5) is 15.8 Å². The van der Waals surface area contributed by atoms with Crippen molar-refractivity contribution in [1.82, 2.24) is 0 Å². The third kappa shape index (κ3) is 4.14. The molecule has 1 fully saturated rings. The van der Waals surface area contributed by atoms with Crippen LogP contribution in [0.25, 0.3) is 0 Å². The van der Waals surface area contributed by atoms with Crippen molar-refractivity contribution in [2.75, 3.05) is 29.9 Å². The zero-order chi connectivity index (χ0) is 21.5. The van der Waals surface area contributed by atoms with E-state index in [1.165, 1.54) is 6.07 Å². The number of benzene rings is 2. The maximum atomic E-state index is 14.3. The highest BCUT2D eigenvalue weighted by Gasteiger charge is 2.42. The number of hydrogen-bond donors (Lipinski definition) is 3. The maximum Gasteiger partial charge on any atom is 0.224 e. The van der Waals surface area contributed by atoms with Crippen LogP contribution in [0.5, 0.6) is 5.75 Å². The molecule has 0 unspecified atom stereocenters. The summed E-state index contributed by atoms with van der Waals surface area (Å²) in [6.45, 7) is 0.310. The van der Waals surface area contributed by atoms with Crippen molar-refractivity contribution in [2.45, 2.75) is 31.0 Å². The Morgan fingerprint density at radius 1 is 1.33 bits per heavy atom. The zero-order valence-corrected chi connectivity index (χ0v) is 18.3. The Balaban J connectivity index is 1.46. The van der Waals surface area contributed by atoms with Crippen LogP contribution in [0.15, 0.2) is 34.8 Å². The Bertz CT molecular complexity index is 992. The third-order valence-corrected chi connectivity index (χ3v) is 6.45. The number of amides is 1. The number of ether oxygens (including phenoxy) is 1. The van der Waals surface area contributed by atoms with Gasteiger partial charge in [-0.05, 0) is 43.2 Å². The van der Waals surface area contributed by atoms with Gasteiger partial charge in [-0.2, -0.15) is 0 Å². The van der Waals surface area contributed by atoms with Gasteiger partial charge in [-0.3, -0.25) is 4.79 Å². The maximum absolute atomic E-state index is 14.3. The van der Waals surface area contributed by atoms with Gasteiger partial charge in [0, 0.05) is 29.5 Å². The number of hydrogen-bond acceptors (Lipinski definition) is 5. The molecule has 2 aliphatic heterocycles. The highest BCUT2D eigenvalue weighted by molar-refractivity contribution is 9.10. The summed E-state index contributed by atoms with van der Waals surface area (Å²) in [5.41, 5.74) is 0.197. The number of rotatable bonds is 4. The van der Waals surface area contributed by atoms with Gasteiger partial charge in [-0.25, -0.2) is 4.39 Å². The van der Waals surface area contributed by atoms with E-state index in [0.717, 1.165) is 5.56 Å². The van der Waals surface area contributed by atoms with Crippen molar-refractivity contribution in [3.05, 3.63) is 51.2 Å². The second-order valence-corrected chi connectivity index (χ2v) is 8.97. The fraction of sp³-hybridized carbons (Fsp3) is 0.381. The molecule has 2 aromatic rings. The minimum absolute atomic E-state index is 0.0766. The van der Waals surface area contributed by atoms with Crippen molar-refractivity contribution in [1.29, 1.82) is 0 Å². The summed E-state index contributed by atoms with van der Waals surface area (Å²) >= 11 is 9.41. The highest BCUT2D eigenvalue weighted by Crippen LogP contribution is 2.38. The summed E-state index contributed by atoms with van der Waals surface area (Å²) in [6, 6.07) is 8.06. The van der Waals surface area contributed by atoms with Gasteiger partial charge >= 0.3 is 0 Å². The van der Waals surface area contributed by atoms with Crippen LogP contribution in [0, 0.1) is 5.82 Å². The highest BCUT2D eigenvalue weighted by atomic mass is 79.9. The van der Waals surface area contributed by atoms with Crippen molar-refractivity contribution in [3.63, 3.8) is 0 Å². The first kappa shape index (κ1) is 21.4. The van der Waals surface area contributed by atoms with Crippen LogP contribution in [0.1, 0.15) is 18.4 Å². The molecule has 6 nitrogen and oxygen atoms in total. The number of carbonyl (C=O) groups is 1. The zero-order valence-electron chi connectivity index (χ0n) is 16.0. The van der Waals surface area contributed by atoms with Crippen LogP contribution < -0.4 is 15.0 Å². The average Bonchev–Trinajstić information content (AvgIpc) is 2.70. The Morgan fingerprint density at radius 3 is 2.87 bits per heavy atom. The molecule has 2 aliphatic rings. The van der Waals surface area contributed by atoms with Crippen molar-refractivity contribution in [2.24, 2.45) is 0 Å². The minimum atomic E-state index is -1.48. The van der Waals surface area contributed by atoms with Gasteiger partial charge in [0.25, 0.3) is 0 Å². The number of nitrogens with zero attached hydrogens (tertiary/aromatic N) is 1. The molecule has 0 bridgehead atoms. The summed E-state index contributed by atoms with van der Waals surface area (Å²) in [4.78, 5) is 13.4. The molecule has 0 saturated carbocycles. The predicted octanol–water partition coefficient (Wildman–Crippen LogP) is 3.51. The van der Waals surface area contributed by atoms with E-state index < -0.39 is 17.5 Å². The normalized spacial score (nSPS) is 23.7. The molecule has 2 atom stereocenters. The Labute approximate surface area is 186 Å². The standard InChI is InChI=1S/C21H21BrClFN2O4/c22-12-1-4-16(15(24)9-12)26-8-7-21(29,18(27)10-26)11-30-17-5-3-14(23)20-13(17)2-6-19(28)25-20/h1,3-5,9,18,27,29H,2,6-8,10-11H2,(H,25,28)/t18-,21+/m1/s1. The van der Waals surface area contributed by atoms with Gasteiger partial charge in [-0.15, -0.1) is 0 Å². The summed E-state index contributed by atoms with van der Waals surface area (Å²) in [5.74, 6) is 0.00709. The SMILES string of the molecule is O=C1CCc2c(OC[C@@]3(O)CCN(c4ccc(Br)cc4F)C[C@H]3O)ccc(Cl)c2N1. The molecular formula is C21H21BrClFN2O4. The van der Waals surface area contributed by atoms with Crippen LogP contribution in [0.3, 0.4) is 0 Å². The number of fused-ring (bicyclic) bond motifs is 1. The lowest BCUT2D eigenvalue weighted by atomic mass is 9.89. The molecule has 1 amide bonds. The van der Waals surface area contributed by atoms with Crippen molar-refractivity contribution >= 4 is 44.8 Å². The number of piperidine rings is 1. The van der Waals surface area contributed by atoms with E-state index in [4.69, 9.17) is 16.3 Å². The lowest BCUT2D eigenvalue weighted by molar-refractivity contribution is -0.116. The fourth-order valence-electron chi connectivity index (χ4n) is 3.85. The van der Waals surface area contributed by atoms with Gasteiger partial charge in [0.1, 0.15) is 29.9 Å². The van der Waals surface area contributed by atoms with E-state index in [2.05, 4.69) is 21.2 Å². The first-order valence-electron chi connectivity index (χ1n) is 9.61. The molecule has 4 rings (SSSR count). The molecule has 0 aromatic heterocycles. The monoisotopic (exact) mass is 498 g/mol. The van der Waals surface area contributed by atoms with Crippen LogP contribution >= 0.6 is 27.5 Å². The summed E-state index contributed by atoms with van der Waals surface area (Å²) in [5, 5.41) is 24.8. The molecule has 0 spiro atoms. The van der Waals surface area contributed by atoms with E-state index in [1.807, 2.05) is 0 Å². The minimum Gasteiger partial charge on any atom is -0.490 e. The third-order valence-electron chi connectivity index (χ3n) is 5.64. The van der Waals surface area contributed by atoms with E-state index in [1.54, 1.807) is 29.2 Å². The van der Waals surface area contributed by atoms with Gasteiger partial charge in [-0.1, -0.05) is 27.5 Å². The second-order valence-electron chi connectivity index (χ2n) is 7.65. The number of β-amino-alcohol motifs (C(OH)–C–C–N with tert-alkyl or cyclic N) is 1. The summed E-state index contributed by atoms with van der Waals surface area (Å²) in [7, 11) is 0. The number of aliphatic hydroxyl groups is 2. The van der Waals surface area contributed by atoms with E-state index in [-0.39, 0.29) is 25.5 Å². The largest absolute Gasteiger partial charge is 0.490 e. The number of nitrogens with one attached hydrogen (secondary N) is 1. The fourth-order valence-corrected chi connectivity index (χ4v) is 4.41. The number of anilines is 2. The van der Waals surface area contributed by atoms with E-state index >= 15 is 0 Å². The second kappa shape index (κ2) is 8.34. The van der Waals surface area contributed by atoms with Crippen LogP contribution in [-0.2, 0) is 11.2 Å². The first-order chi connectivity index (χ1) is 14.3. The predicted molar refractivity (Wildman–Crippen MR) is 116 cm³/mol. The molecule has 0 radical (unpaired) electrons. The van der Waals surface area contributed by atoms with Crippen molar-refractivity contribution in [3.8, 4) is 5.75 Å². The molecule has 1 saturated heterocycles. The quantitative estimate of drug-likeness (QED) is 0.600. The molecule has 2 aromatic carbocycles. The molecule has 2 heterocycles. The Morgan fingerprint density at radius 2 is 2.13 bits per heavy atom.